The van der Waals surface area contributed by atoms with Crippen LogP contribution < -0.4 is 15.6 Å². The zero-order valence-electron chi connectivity index (χ0n) is 16.4. The van der Waals surface area contributed by atoms with Crippen LogP contribution in [0.15, 0.2) is 58.5 Å². The highest BCUT2D eigenvalue weighted by Gasteiger charge is 2.31. The number of carbonyl (C=O) groups is 1. The van der Waals surface area contributed by atoms with E-state index in [0.717, 1.165) is 11.1 Å². The summed E-state index contributed by atoms with van der Waals surface area (Å²) in [6.45, 7) is 0.175. The van der Waals surface area contributed by atoms with Gasteiger partial charge in [-0.1, -0.05) is 53.5 Å². The lowest BCUT2D eigenvalue weighted by atomic mass is 9.87. The molecule has 1 aliphatic heterocycles. The van der Waals surface area contributed by atoms with Gasteiger partial charge in [-0.05, 0) is 35.4 Å². The zero-order chi connectivity index (χ0) is 21.8. The minimum Gasteiger partial charge on any atom is -0.481 e. The molecule has 6 nitrogen and oxygen atoms in total. The molecular formula is C23H18ClN3O3S. The predicted molar refractivity (Wildman–Crippen MR) is 122 cm³/mol. The van der Waals surface area contributed by atoms with Crippen molar-refractivity contribution < 1.29 is 9.53 Å². The first-order valence-corrected chi connectivity index (χ1v) is 10.9. The Kier molecular flexibility index (Phi) is 6.31. The molecule has 2 heterocycles. The van der Waals surface area contributed by atoms with Crippen LogP contribution in [0.4, 0.5) is 5.82 Å². The Labute approximate surface area is 188 Å². The van der Waals surface area contributed by atoms with Gasteiger partial charge in [-0.3, -0.25) is 9.59 Å². The molecule has 0 saturated heterocycles. The number of carbonyl (C=O) groups excluding carboxylic acids is 1. The molecule has 0 saturated carbocycles. The minimum atomic E-state index is -0.392. The number of fused-ring (bicyclic) bond motifs is 1. The number of hydrogen-bond acceptors (Lipinski definition) is 5. The summed E-state index contributed by atoms with van der Waals surface area (Å²) in [5.41, 5.74) is 2.07. The number of anilines is 1. The van der Waals surface area contributed by atoms with E-state index < -0.39 is 5.92 Å². The second kappa shape index (κ2) is 9.29. The molecule has 3 aromatic rings. The number of aromatic amines is 1. The van der Waals surface area contributed by atoms with E-state index >= 15 is 0 Å². The van der Waals surface area contributed by atoms with Gasteiger partial charge in [0, 0.05) is 23.1 Å². The molecule has 0 fully saturated rings. The van der Waals surface area contributed by atoms with Gasteiger partial charge in [0.1, 0.15) is 18.2 Å². The van der Waals surface area contributed by atoms with Crippen LogP contribution in [0.3, 0.4) is 0 Å². The molecule has 2 aromatic carbocycles. The molecule has 0 bridgehead atoms. The van der Waals surface area contributed by atoms with Crippen molar-refractivity contribution in [1.29, 1.82) is 0 Å². The maximum absolute atomic E-state index is 12.9. The largest absolute Gasteiger partial charge is 0.481 e. The summed E-state index contributed by atoms with van der Waals surface area (Å²) in [5.74, 6) is 3.37. The van der Waals surface area contributed by atoms with E-state index in [0.29, 0.717) is 33.1 Å². The molecule has 1 amide bonds. The lowest BCUT2D eigenvalue weighted by Gasteiger charge is -2.24. The van der Waals surface area contributed by atoms with Gasteiger partial charge in [0.25, 0.3) is 5.56 Å². The van der Waals surface area contributed by atoms with E-state index in [9.17, 15) is 9.59 Å². The summed E-state index contributed by atoms with van der Waals surface area (Å²) in [4.78, 5) is 32.6. The van der Waals surface area contributed by atoms with Gasteiger partial charge in [-0.15, -0.1) is 6.42 Å². The first kappa shape index (κ1) is 21.0. The summed E-state index contributed by atoms with van der Waals surface area (Å²) in [7, 11) is 0. The van der Waals surface area contributed by atoms with Crippen molar-refractivity contribution in [1.82, 2.24) is 9.97 Å². The van der Waals surface area contributed by atoms with Gasteiger partial charge in [-0.25, -0.2) is 4.98 Å². The fourth-order valence-corrected chi connectivity index (χ4v) is 4.30. The standard InChI is InChI=1S/C23H18ClN3O3S/c1-2-11-30-17-9-5-15(6-10-17)18-12-19(28)25-21-20(18)22(29)27-23(26-21)31-13-14-3-7-16(24)8-4-14/h1,3-10,18H,11-13H2,(H2,25,26,27,28,29). The lowest BCUT2D eigenvalue weighted by molar-refractivity contribution is -0.116. The van der Waals surface area contributed by atoms with Crippen LogP contribution in [0.2, 0.25) is 5.02 Å². The van der Waals surface area contributed by atoms with E-state index in [1.165, 1.54) is 11.8 Å². The van der Waals surface area contributed by atoms with Crippen LogP contribution in [-0.4, -0.2) is 22.5 Å². The zero-order valence-corrected chi connectivity index (χ0v) is 17.9. The highest BCUT2D eigenvalue weighted by Crippen LogP contribution is 2.35. The number of thioether (sulfide) groups is 1. The molecule has 1 unspecified atom stereocenters. The second-order valence-corrected chi connectivity index (χ2v) is 8.32. The molecule has 1 aliphatic rings. The molecule has 31 heavy (non-hydrogen) atoms. The van der Waals surface area contributed by atoms with Gasteiger partial charge in [0.05, 0.1) is 5.56 Å². The summed E-state index contributed by atoms with van der Waals surface area (Å²) in [5, 5.41) is 3.85. The third kappa shape index (κ3) is 4.93. The molecule has 156 valence electrons. The number of nitrogens with zero attached hydrogens (tertiary/aromatic N) is 1. The van der Waals surface area contributed by atoms with Crippen molar-refractivity contribution >= 4 is 35.1 Å². The molecule has 1 atom stereocenters. The summed E-state index contributed by atoms with van der Waals surface area (Å²) < 4.78 is 5.39. The fourth-order valence-electron chi connectivity index (χ4n) is 3.36. The maximum Gasteiger partial charge on any atom is 0.257 e. The topological polar surface area (TPSA) is 84.1 Å². The number of aromatic nitrogens is 2. The van der Waals surface area contributed by atoms with Crippen molar-refractivity contribution in [3.8, 4) is 18.1 Å². The van der Waals surface area contributed by atoms with Gasteiger partial charge < -0.3 is 15.0 Å². The average Bonchev–Trinajstić information content (AvgIpc) is 2.77. The van der Waals surface area contributed by atoms with E-state index in [1.54, 1.807) is 12.1 Å². The van der Waals surface area contributed by atoms with Gasteiger partial charge in [0.15, 0.2) is 5.16 Å². The van der Waals surface area contributed by atoms with Crippen LogP contribution in [0.1, 0.15) is 29.0 Å². The number of hydrogen-bond donors (Lipinski definition) is 2. The Morgan fingerprint density at radius 3 is 2.61 bits per heavy atom. The fraction of sp³-hybridized carbons (Fsp3) is 0.174. The Balaban J connectivity index is 1.58. The third-order valence-corrected chi connectivity index (χ3v) is 6.02. The molecule has 2 N–H and O–H groups in total. The van der Waals surface area contributed by atoms with Crippen LogP contribution in [-0.2, 0) is 10.5 Å². The van der Waals surface area contributed by atoms with Gasteiger partial charge in [0.2, 0.25) is 5.91 Å². The molecule has 1 aromatic heterocycles. The average molecular weight is 452 g/mol. The van der Waals surface area contributed by atoms with E-state index in [-0.39, 0.29) is 24.5 Å². The normalized spacial score (nSPS) is 15.0. The monoisotopic (exact) mass is 451 g/mol. The second-order valence-electron chi connectivity index (χ2n) is 6.92. The van der Waals surface area contributed by atoms with Crippen LogP contribution >= 0.6 is 23.4 Å². The Bertz CT molecular complexity index is 1200. The number of rotatable bonds is 6. The number of nitrogens with one attached hydrogen (secondary N) is 2. The van der Waals surface area contributed by atoms with Crippen LogP contribution in [0.25, 0.3) is 0 Å². The Hall–Kier alpha value is -3.21. The minimum absolute atomic E-state index is 0.166. The van der Waals surface area contributed by atoms with Crippen molar-refractivity contribution in [2.24, 2.45) is 0 Å². The number of terminal acetylenes is 1. The van der Waals surface area contributed by atoms with E-state index in [1.807, 2.05) is 36.4 Å². The van der Waals surface area contributed by atoms with E-state index in [4.69, 9.17) is 22.8 Å². The lowest BCUT2D eigenvalue weighted by Crippen LogP contribution is -2.31. The molecule has 0 spiro atoms. The van der Waals surface area contributed by atoms with Gasteiger partial charge in [-0.2, -0.15) is 0 Å². The number of benzene rings is 2. The smallest absolute Gasteiger partial charge is 0.257 e. The Morgan fingerprint density at radius 2 is 1.90 bits per heavy atom. The van der Waals surface area contributed by atoms with E-state index in [2.05, 4.69) is 21.2 Å². The quantitative estimate of drug-likeness (QED) is 0.333. The van der Waals surface area contributed by atoms with Crippen LogP contribution in [0.5, 0.6) is 5.75 Å². The molecule has 0 aliphatic carbocycles. The summed E-state index contributed by atoms with van der Waals surface area (Å²) in [6, 6.07) is 14.7. The first-order chi connectivity index (χ1) is 15.0. The molecular weight excluding hydrogens is 434 g/mol. The first-order valence-electron chi connectivity index (χ1n) is 9.51. The highest BCUT2D eigenvalue weighted by molar-refractivity contribution is 7.98. The third-order valence-electron chi connectivity index (χ3n) is 4.82. The van der Waals surface area contributed by atoms with Crippen LogP contribution in [0, 0.1) is 12.3 Å². The van der Waals surface area contributed by atoms with Crippen molar-refractivity contribution in [3.05, 3.63) is 80.6 Å². The molecule has 0 radical (unpaired) electrons. The predicted octanol–water partition coefficient (Wildman–Crippen LogP) is 4.20. The Morgan fingerprint density at radius 1 is 1.16 bits per heavy atom. The number of ether oxygens (including phenoxy) is 1. The van der Waals surface area contributed by atoms with Crippen molar-refractivity contribution in [2.75, 3.05) is 11.9 Å². The summed E-state index contributed by atoms with van der Waals surface area (Å²) >= 11 is 7.30. The number of halogens is 1. The van der Waals surface area contributed by atoms with Crippen molar-refractivity contribution in [3.63, 3.8) is 0 Å². The molecule has 8 heteroatoms. The SMILES string of the molecule is C#CCOc1ccc(C2CC(=O)Nc3nc(SCc4ccc(Cl)cc4)[nH]c(=O)c32)cc1. The molecule has 4 rings (SSSR count). The maximum atomic E-state index is 12.9. The number of H-pyrrole nitrogens is 1. The van der Waals surface area contributed by atoms with Gasteiger partial charge >= 0.3 is 0 Å². The van der Waals surface area contributed by atoms with Crippen molar-refractivity contribution in [2.45, 2.75) is 23.2 Å². The highest BCUT2D eigenvalue weighted by atomic mass is 35.5. The summed E-state index contributed by atoms with van der Waals surface area (Å²) in [6.07, 6.45) is 5.38. The number of amides is 1.